The lowest BCUT2D eigenvalue weighted by Crippen LogP contribution is -2.49. The fourth-order valence-corrected chi connectivity index (χ4v) is 5.75. The number of anilines is 2. The topological polar surface area (TPSA) is 88.4 Å². The zero-order valence-corrected chi connectivity index (χ0v) is 20.2. The van der Waals surface area contributed by atoms with Gasteiger partial charge in [-0.25, -0.2) is 9.97 Å². The molecule has 1 saturated heterocycles. The molecule has 0 saturated carbocycles. The number of hydrogen-bond acceptors (Lipinski definition) is 8. The van der Waals surface area contributed by atoms with Gasteiger partial charge < -0.3 is 15.0 Å². The zero-order chi connectivity index (χ0) is 23.2. The number of morpholine rings is 1. The predicted octanol–water partition coefficient (Wildman–Crippen LogP) is 3.09. The summed E-state index contributed by atoms with van der Waals surface area (Å²) >= 11 is 1.64. The van der Waals surface area contributed by atoms with Crippen LogP contribution in [-0.4, -0.2) is 74.3 Å². The van der Waals surface area contributed by atoms with Gasteiger partial charge in [0.2, 0.25) is 5.95 Å². The van der Waals surface area contributed by atoms with Crippen LogP contribution >= 0.6 is 11.3 Å². The molecule has 5 rings (SSSR count). The van der Waals surface area contributed by atoms with Gasteiger partial charge in [-0.05, 0) is 32.9 Å². The molecule has 3 aromatic heterocycles. The summed E-state index contributed by atoms with van der Waals surface area (Å²) in [6, 6.07) is 6.11. The van der Waals surface area contributed by atoms with Crippen LogP contribution in [-0.2, 0) is 17.3 Å². The molecule has 5 heterocycles. The highest BCUT2D eigenvalue weighted by Crippen LogP contribution is 2.45. The summed E-state index contributed by atoms with van der Waals surface area (Å²) in [7, 11) is 1.86. The zero-order valence-electron chi connectivity index (χ0n) is 19.4. The molecule has 3 aromatic rings. The van der Waals surface area contributed by atoms with E-state index in [4.69, 9.17) is 4.74 Å². The van der Waals surface area contributed by atoms with Gasteiger partial charge in [-0.2, -0.15) is 5.10 Å². The van der Waals surface area contributed by atoms with Gasteiger partial charge in [-0.3, -0.25) is 14.4 Å². The third-order valence-corrected chi connectivity index (χ3v) is 7.99. The fraction of sp³-hybridized carbons (Fsp3) is 0.478. The molecule has 1 N–H and O–H groups in total. The number of rotatable bonds is 6. The van der Waals surface area contributed by atoms with E-state index in [-0.39, 0.29) is 11.4 Å². The molecular formula is C23H29N7O2S. The summed E-state index contributed by atoms with van der Waals surface area (Å²) in [4.78, 5) is 28.8. The summed E-state index contributed by atoms with van der Waals surface area (Å²) in [6.07, 6.45) is 3.45. The molecule has 1 fully saturated rings. The van der Waals surface area contributed by atoms with Gasteiger partial charge in [0.05, 0.1) is 41.1 Å². The number of fused-ring (bicyclic) bond motifs is 1. The Morgan fingerprint density at radius 2 is 2.12 bits per heavy atom. The van der Waals surface area contributed by atoms with E-state index in [2.05, 4.69) is 46.1 Å². The average molecular weight is 468 g/mol. The Labute approximate surface area is 197 Å². The average Bonchev–Trinajstić information content (AvgIpc) is 3.46. The first-order valence-corrected chi connectivity index (χ1v) is 12.0. The van der Waals surface area contributed by atoms with Crippen LogP contribution in [0, 0.1) is 0 Å². The number of amides is 1. The first-order valence-electron chi connectivity index (χ1n) is 11.2. The molecule has 1 amide bonds. The monoisotopic (exact) mass is 467 g/mol. The van der Waals surface area contributed by atoms with Crippen molar-refractivity contribution >= 4 is 29.0 Å². The van der Waals surface area contributed by atoms with Crippen molar-refractivity contribution in [1.29, 1.82) is 0 Å². The Morgan fingerprint density at radius 3 is 2.85 bits per heavy atom. The minimum absolute atomic E-state index is 0.0979. The fourth-order valence-electron chi connectivity index (χ4n) is 4.52. The standard InChI is InChI=1S/C23H29N7O2S/c1-15-14-32-12-11-29(15)9-10-30-21(31)16-13-18(33-20(16)23(30,2)3)17-5-7-24-22(26-17)27-19-6-8-25-28(19)4/h5-8,13,15H,9-12,14H2,1-4H3,(H,24,26,27). The van der Waals surface area contributed by atoms with Crippen LogP contribution in [0.2, 0.25) is 0 Å². The summed E-state index contributed by atoms with van der Waals surface area (Å²) in [5.74, 6) is 1.40. The Bertz CT molecular complexity index is 1170. The molecule has 2 aliphatic heterocycles. The van der Waals surface area contributed by atoms with Gasteiger partial charge in [0.15, 0.2) is 0 Å². The largest absolute Gasteiger partial charge is 0.379 e. The molecular weight excluding hydrogens is 438 g/mol. The Morgan fingerprint density at radius 1 is 1.27 bits per heavy atom. The minimum Gasteiger partial charge on any atom is -0.379 e. The molecule has 0 radical (unpaired) electrons. The first kappa shape index (κ1) is 22.0. The second kappa shape index (κ2) is 8.51. The number of ether oxygens (including phenoxy) is 1. The summed E-state index contributed by atoms with van der Waals surface area (Å²) in [5.41, 5.74) is 1.23. The molecule has 33 heavy (non-hydrogen) atoms. The van der Waals surface area contributed by atoms with E-state index in [1.807, 2.05) is 30.1 Å². The number of aromatic nitrogens is 4. The maximum atomic E-state index is 13.4. The van der Waals surface area contributed by atoms with E-state index >= 15 is 0 Å². The van der Waals surface area contributed by atoms with Gasteiger partial charge in [0.1, 0.15) is 5.82 Å². The Balaban J connectivity index is 1.34. The molecule has 1 atom stereocenters. The number of hydrogen-bond donors (Lipinski definition) is 1. The van der Waals surface area contributed by atoms with Crippen LogP contribution in [0.5, 0.6) is 0 Å². The second-order valence-electron chi connectivity index (χ2n) is 9.06. The van der Waals surface area contributed by atoms with Crippen molar-refractivity contribution in [3.8, 4) is 10.6 Å². The van der Waals surface area contributed by atoms with Gasteiger partial charge in [0.25, 0.3) is 5.91 Å². The molecule has 174 valence electrons. The lowest BCUT2D eigenvalue weighted by atomic mass is 10.0. The van der Waals surface area contributed by atoms with E-state index in [0.717, 1.165) is 53.1 Å². The molecule has 0 aliphatic carbocycles. The van der Waals surface area contributed by atoms with Crippen molar-refractivity contribution in [3.05, 3.63) is 41.0 Å². The number of nitrogens with one attached hydrogen (secondary N) is 1. The van der Waals surface area contributed by atoms with Crippen molar-refractivity contribution in [2.45, 2.75) is 32.4 Å². The summed E-state index contributed by atoms with van der Waals surface area (Å²) < 4.78 is 7.27. The lowest BCUT2D eigenvalue weighted by molar-refractivity contribution is -0.00700. The first-order chi connectivity index (χ1) is 15.8. The van der Waals surface area contributed by atoms with Crippen molar-refractivity contribution < 1.29 is 9.53 Å². The summed E-state index contributed by atoms with van der Waals surface area (Å²) in [6.45, 7) is 10.4. The van der Waals surface area contributed by atoms with Crippen LogP contribution < -0.4 is 5.32 Å². The number of aryl methyl sites for hydroxylation is 1. The van der Waals surface area contributed by atoms with Crippen molar-refractivity contribution in [2.24, 2.45) is 7.05 Å². The second-order valence-corrected chi connectivity index (χ2v) is 10.1. The molecule has 1 unspecified atom stereocenters. The predicted molar refractivity (Wildman–Crippen MR) is 128 cm³/mol. The molecule has 0 bridgehead atoms. The third-order valence-electron chi connectivity index (χ3n) is 6.52. The third kappa shape index (κ3) is 4.03. The van der Waals surface area contributed by atoms with Gasteiger partial charge in [-0.1, -0.05) is 0 Å². The SMILES string of the molecule is CC1COCCN1CCN1C(=O)c2cc(-c3ccnc(Nc4ccnn4C)n3)sc2C1(C)C. The van der Waals surface area contributed by atoms with Crippen LogP contribution in [0.15, 0.2) is 30.6 Å². The van der Waals surface area contributed by atoms with Crippen LogP contribution in [0.3, 0.4) is 0 Å². The molecule has 0 spiro atoms. The molecule has 0 aromatic carbocycles. The molecule has 2 aliphatic rings. The Hall–Kier alpha value is -2.82. The smallest absolute Gasteiger partial charge is 0.255 e. The van der Waals surface area contributed by atoms with Crippen LogP contribution in [0.25, 0.3) is 10.6 Å². The molecule has 10 heteroatoms. The highest BCUT2D eigenvalue weighted by Gasteiger charge is 2.45. The normalized spacial score (nSPS) is 20.3. The maximum Gasteiger partial charge on any atom is 0.255 e. The van der Waals surface area contributed by atoms with E-state index in [9.17, 15) is 4.79 Å². The number of carbonyl (C=O) groups is 1. The van der Waals surface area contributed by atoms with Crippen molar-refractivity contribution in [1.82, 2.24) is 29.5 Å². The minimum atomic E-state index is -0.353. The van der Waals surface area contributed by atoms with Gasteiger partial charge in [-0.15, -0.1) is 11.3 Å². The lowest BCUT2D eigenvalue weighted by Gasteiger charge is -2.37. The van der Waals surface area contributed by atoms with Crippen molar-refractivity contribution in [3.63, 3.8) is 0 Å². The van der Waals surface area contributed by atoms with Gasteiger partial charge in [0, 0.05) is 49.9 Å². The number of nitrogens with zero attached hydrogens (tertiary/aromatic N) is 6. The van der Waals surface area contributed by atoms with E-state index in [1.165, 1.54) is 0 Å². The highest BCUT2D eigenvalue weighted by atomic mass is 32.1. The Kier molecular flexibility index (Phi) is 5.67. The van der Waals surface area contributed by atoms with Crippen LogP contribution in [0.4, 0.5) is 11.8 Å². The number of carbonyl (C=O) groups excluding carboxylic acids is 1. The summed E-state index contributed by atoms with van der Waals surface area (Å²) in [5, 5.41) is 7.35. The van der Waals surface area contributed by atoms with E-state index in [0.29, 0.717) is 18.5 Å². The maximum absolute atomic E-state index is 13.4. The number of thiophene rings is 1. The van der Waals surface area contributed by atoms with Gasteiger partial charge >= 0.3 is 0 Å². The van der Waals surface area contributed by atoms with Crippen molar-refractivity contribution in [2.75, 3.05) is 38.2 Å². The van der Waals surface area contributed by atoms with Crippen LogP contribution in [0.1, 0.15) is 36.0 Å². The van der Waals surface area contributed by atoms with E-state index in [1.54, 1.807) is 28.4 Å². The quantitative estimate of drug-likeness (QED) is 0.596. The molecule has 9 nitrogen and oxygen atoms in total. The van der Waals surface area contributed by atoms with E-state index < -0.39 is 0 Å². The highest BCUT2D eigenvalue weighted by molar-refractivity contribution is 7.16.